The van der Waals surface area contributed by atoms with Crippen LogP contribution in [0, 0.1) is 17.3 Å². The van der Waals surface area contributed by atoms with Crippen molar-refractivity contribution in [2.45, 2.75) is 110 Å². The molecule has 0 amide bonds. The van der Waals surface area contributed by atoms with Crippen LogP contribution in [0.1, 0.15) is 98.3 Å². The lowest BCUT2D eigenvalue weighted by atomic mass is 9.69. The molecule has 0 spiro atoms. The fraction of sp³-hybridized carbons (Fsp3) is 1.00. The van der Waals surface area contributed by atoms with Gasteiger partial charge in [0.2, 0.25) is 0 Å². The normalized spacial score (nSPS) is 30.9. The molecule has 2 aliphatic rings. The highest BCUT2D eigenvalue weighted by molar-refractivity contribution is 4.87. The van der Waals surface area contributed by atoms with Crippen LogP contribution in [0.25, 0.3) is 0 Å². The molecule has 1 heteroatoms. The highest BCUT2D eigenvalue weighted by Gasteiger charge is 2.32. The van der Waals surface area contributed by atoms with Crippen LogP contribution in [-0.2, 0) is 0 Å². The smallest absolute Gasteiger partial charge is 0.00698 e. The number of nitrogens with one attached hydrogen (secondary N) is 1. The number of hydrogen-bond donors (Lipinski definition) is 1. The third kappa shape index (κ3) is 4.98. The van der Waals surface area contributed by atoms with E-state index in [4.69, 9.17) is 0 Å². The van der Waals surface area contributed by atoms with Crippen molar-refractivity contribution in [3.8, 4) is 0 Å². The monoisotopic (exact) mass is 293 g/mol. The molecular weight excluding hydrogens is 254 g/mol. The van der Waals surface area contributed by atoms with E-state index in [0.29, 0.717) is 5.41 Å². The molecule has 0 aromatic carbocycles. The third-order valence-corrected chi connectivity index (χ3v) is 6.85. The quantitative estimate of drug-likeness (QED) is 0.619. The van der Waals surface area contributed by atoms with Crippen molar-refractivity contribution in [3.05, 3.63) is 0 Å². The molecule has 2 saturated carbocycles. The summed E-state index contributed by atoms with van der Waals surface area (Å²) in [5, 5.41) is 4.01. The van der Waals surface area contributed by atoms with Crippen molar-refractivity contribution in [2.24, 2.45) is 17.3 Å². The van der Waals surface area contributed by atoms with Crippen molar-refractivity contribution in [1.29, 1.82) is 0 Å². The van der Waals surface area contributed by atoms with E-state index in [9.17, 15) is 0 Å². The fourth-order valence-electron chi connectivity index (χ4n) is 4.65. The van der Waals surface area contributed by atoms with E-state index in [1.165, 1.54) is 70.6 Å². The average molecular weight is 294 g/mol. The first kappa shape index (κ1) is 17.3. The zero-order chi connectivity index (χ0) is 15.3. The van der Waals surface area contributed by atoms with Gasteiger partial charge < -0.3 is 5.32 Å². The summed E-state index contributed by atoms with van der Waals surface area (Å²) < 4.78 is 0. The summed E-state index contributed by atoms with van der Waals surface area (Å²) in [6.07, 6.45) is 15.8. The number of rotatable bonds is 5. The molecule has 21 heavy (non-hydrogen) atoms. The lowest BCUT2D eigenvalue weighted by molar-refractivity contribution is 0.130. The van der Waals surface area contributed by atoms with E-state index in [-0.39, 0.29) is 0 Å². The Morgan fingerprint density at radius 2 is 1.48 bits per heavy atom. The van der Waals surface area contributed by atoms with Gasteiger partial charge >= 0.3 is 0 Å². The Bertz CT molecular complexity index is 280. The first-order chi connectivity index (χ1) is 10.0. The second-order valence-corrected chi connectivity index (χ2v) is 8.60. The van der Waals surface area contributed by atoms with Crippen molar-refractivity contribution in [2.75, 3.05) is 0 Å². The predicted octanol–water partition coefficient (Wildman–Crippen LogP) is 5.93. The Morgan fingerprint density at radius 1 is 0.905 bits per heavy atom. The van der Waals surface area contributed by atoms with Crippen LogP contribution in [0.5, 0.6) is 0 Å². The standard InChI is InChI=1S/C20H39N/c1-5-20(3,4)18-12-14-19(15-13-18)21-16(2)17-10-8-6-7-9-11-17/h16-19,21H,5-15H2,1-4H3/t16-,18?,19?/m1/s1. The molecule has 0 aliphatic heterocycles. The molecule has 1 atom stereocenters. The van der Waals surface area contributed by atoms with Crippen LogP contribution in [0.3, 0.4) is 0 Å². The minimum absolute atomic E-state index is 0.553. The summed E-state index contributed by atoms with van der Waals surface area (Å²) in [5.41, 5.74) is 0.553. The largest absolute Gasteiger partial charge is 0.311 e. The summed E-state index contributed by atoms with van der Waals surface area (Å²) in [4.78, 5) is 0. The second-order valence-electron chi connectivity index (χ2n) is 8.60. The van der Waals surface area contributed by atoms with Gasteiger partial charge in [0, 0.05) is 12.1 Å². The van der Waals surface area contributed by atoms with E-state index >= 15 is 0 Å². The topological polar surface area (TPSA) is 12.0 Å². The van der Waals surface area contributed by atoms with Gasteiger partial charge in [-0.05, 0) is 62.7 Å². The Labute approximate surface area is 133 Å². The average Bonchev–Trinajstić information content (AvgIpc) is 2.77. The summed E-state index contributed by atoms with van der Waals surface area (Å²) >= 11 is 0. The molecule has 2 aliphatic carbocycles. The summed E-state index contributed by atoms with van der Waals surface area (Å²) in [6.45, 7) is 9.76. The minimum atomic E-state index is 0.553. The van der Waals surface area contributed by atoms with Crippen molar-refractivity contribution in [1.82, 2.24) is 5.32 Å². The molecule has 0 unspecified atom stereocenters. The van der Waals surface area contributed by atoms with Gasteiger partial charge in [-0.1, -0.05) is 52.9 Å². The maximum absolute atomic E-state index is 4.01. The molecule has 2 rings (SSSR count). The van der Waals surface area contributed by atoms with Gasteiger partial charge in [0.15, 0.2) is 0 Å². The molecule has 1 nitrogen and oxygen atoms in total. The van der Waals surface area contributed by atoms with Crippen LogP contribution in [-0.4, -0.2) is 12.1 Å². The van der Waals surface area contributed by atoms with Crippen molar-refractivity contribution in [3.63, 3.8) is 0 Å². The van der Waals surface area contributed by atoms with Crippen LogP contribution >= 0.6 is 0 Å². The maximum atomic E-state index is 4.01. The number of hydrogen-bond acceptors (Lipinski definition) is 1. The van der Waals surface area contributed by atoms with Crippen molar-refractivity contribution < 1.29 is 0 Å². The van der Waals surface area contributed by atoms with E-state index in [2.05, 4.69) is 33.0 Å². The Kier molecular flexibility index (Phi) is 6.59. The van der Waals surface area contributed by atoms with Crippen LogP contribution in [0.4, 0.5) is 0 Å². The predicted molar refractivity (Wildman–Crippen MR) is 93.6 cm³/mol. The lowest BCUT2D eigenvalue weighted by Crippen LogP contribution is -2.43. The SMILES string of the molecule is CCC(C)(C)C1CCC(N[C@H](C)C2CCCCCC2)CC1. The van der Waals surface area contributed by atoms with Gasteiger partial charge in [-0.3, -0.25) is 0 Å². The molecule has 0 saturated heterocycles. The molecule has 0 bridgehead atoms. The Morgan fingerprint density at radius 3 is 2.00 bits per heavy atom. The Hall–Kier alpha value is -0.0400. The highest BCUT2D eigenvalue weighted by Crippen LogP contribution is 2.40. The van der Waals surface area contributed by atoms with E-state index < -0.39 is 0 Å². The van der Waals surface area contributed by atoms with E-state index in [0.717, 1.165) is 23.9 Å². The highest BCUT2D eigenvalue weighted by atomic mass is 15.0. The molecule has 1 N–H and O–H groups in total. The van der Waals surface area contributed by atoms with Crippen LogP contribution < -0.4 is 5.32 Å². The molecule has 0 radical (unpaired) electrons. The summed E-state index contributed by atoms with van der Waals surface area (Å²) in [5.74, 6) is 1.89. The van der Waals surface area contributed by atoms with Crippen LogP contribution in [0.2, 0.25) is 0 Å². The van der Waals surface area contributed by atoms with Gasteiger partial charge in [0.1, 0.15) is 0 Å². The minimum Gasteiger partial charge on any atom is -0.311 e. The molecule has 0 aromatic heterocycles. The van der Waals surface area contributed by atoms with Crippen LogP contribution in [0.15, 0.2) is 0 Å². The molecular formula is C20H39N. The lowest BCUT2D eigenvalue weighted by Gasteiger charge is -2.40. The van der Waals surface area contributed by atoms with Gasteiger partial charge in [-0.2, -0.15) is 0 Å². The van der Waals surface area contributed by atoms with Gasteiger partial charge in [0.25, 0.3) is 0 Å². The Balaban J connectivity index is 1.75. The van der Waals surface area contributed by atoms with Gasteiger partial charge in [-0.15, -0.1) is 0 Å². The first-order valence-electron chi connectivity index (χ1n) is 9.79. The summed E-state index contributed by atoms with van der Waals surface area (Å²) in [7, 11) is 0. The van der Waals surface area contributed by atoms with E-state index in [1.54, 1.807) is 0 Å². The summed E-state index contributed by atoms with van der Waals surface area (Å²) in [6, 6.07) is 1.54. The third-order valence-electron chi connectivity index (χ3n) is 6.85. The second kappa shape index (κ2) is 7.99. The molecule has 0 heterocycles. The fourth-order valence-corrected chi connectivity index (χ4v) is 4.65. The van der Waals surface area contributed by atoms with Crippen molar-refractivity contribution >= 4 is 0 Å². The first-order valence-corrected chi connectivity index (χ1v) is 9.79. The molecule has 0 aromatic rings. The van der Waals surface area contributed by atoms with Gasteiger partial charge in [-0.25, -0.2) is 0 Å². The molecule has 124 valence electrons. The zero-order valence-electron chi connectivity index (χ0n) is 15.1. The molecule has 2 fully saturated rings. The van der Waals surface area contributed by atoms with Gasteiger partial charge in [0.05, 0.1) is 0 Å². The zero-order valence-corrected chi connectivity index (χ0v) is 15.1. The maximum Gasteiger partial charge on any atom is 0.00698 e. The van der Waals surface area contributed by atoms with E-state index in [1.807, 2.05) is 0 Å².